The summed E-state index contributed by atoms with van der Waals surface area (Å²) in [6.07, 6.45) is 6.23. The Morgan fingerprint density at radius 3 is 1.62 bits per heavy atom. The fourth-order valence-electron chi connectivity index (χ4n) is 5.95. The van der Waals surface area contributed by atoms with Gasteiger partial charge < -0.3 is 0 Å². The second-order valence-corrected chi connectivity index (χ2v) is 12.6. The van der Waals surface area contributed by atoms with Crippen molar-refractivity contribution in [3.8, 4) is 0 Å². The van der Waals surface area contributed by atoms with Crippen LogP contribution in [0.3, 0.4) is 0 Å². The third kappa shape index (κ3) is 5.95. The van der Waals surface area contributed by atoms with Crippen LogP contribution >= 0.6 is 0 Å². The van der Waals surface area contributed by atoms with Gasteiger partial charge in [0.15, 0.2) is 0 Å². The summed E-state index contributed by atoms with van der Waals surface area (Å²) in [6.45, 7) is 17.6. The standard InChI is InChI=1S/C22H44O3S/c1-16(2)11-20-15-21(12-17(3)4,13-18(5)6)9-10-22(20,14-19(7)8)26(23,24)25/h16-20H,9-15H2,1-8H3,(H,23,24,25). The Kier molecular flexibility index (Phi) is 8.24. The summed E-state index contributed by atoms with van der Waals surface area (Å²) in [6, 6.07) is 0. The van der Waals surface area contributed by atoms with E-state index in [1.165, 1.54) is 0 Å². The molecular weight excluding hydrogens is 344 g/mol. The van der Waals surface area contributed by atoms with Gasteiger partial charge in [-0.3, -0.25) is 4.55 Å². The zero-order valence-corrected chi connectivity index (χ0v) is 19.3. The molecule has 1 N–H and O–H groups in total. The molecule has 0 bridgehead atoms. The molecule has 1 aliphatic rings. The fraction of sp³-hybridized carbons (Fsp3) is 1.00. The average molecular weight is 389 g/mol. The highest BCUT2D eigenvalue weighted by atomic mass is 32.2. The summed E-state index contributed by atoms with van der Waals surface area (Å²) in [4.78, 5) is 0. The number of rotatable bonds is 9. The molecule has 0 radical (unpaired) electrons. The maximum Gasteiger partial charge on any atom is 0.270 e. The Hall–Kier alpha value is -0.0900. The van der Waals surface area contributed by atoms with Crippen LogP contribution in [-0.2, 0) is 10.1 Å². The molecule has 3 nitrogen and oxygen atoms in total. The molecule has 2 atom stereocenters. The predicted molar refractivity (Wildman–Crippen MR) is 112 cm³/mol. The predicted octanol–water partition coefficient (Wildman–Crippen LogP) is 6.58. The van der Waals surface area contributed by atoms with E-state index in [-0.39, 0.29) is 17.3 Å². The Morgan fingerprint density at radius 1 is 0.808 bits per heavy atom. The fourth-order valence-corrected chi connectivity index (χ4v) is 7.45. The van der Waals surface area contributed by atoms with Crippen LogP contribution in [0, 0.1) is 35.0 Å². The molecule has 1 saturated carbocycles. The molecule has 0 aromatic heterocycles. The lowest BCUT2D eigenvalue weighted by molar-refractivity contribution is 0.0390. The SMILES string of the molecule is CC(C)CC1CC(CC(C)C)(CC(C)C)CCC1(CC(C)C)S(=O)(=O)O. The molecule has 0 aliphatic heterocycles. The second kappa shape index (κ2) is 8.94. The molecule has 1 rings (SSSR count). The van der Waals surface area contributed by atoms with Gasteiger partial charge in [0, 0.05) is 0 Å². The smallest absolute Gasteiger partial charge is 0.270 e. The Bertz CT molecular complexity index is 524. The van der Waals surface area contributed by atoms with Gasteiger partial charge in [0.1, 0.15) is 4.75 Å². The summed E-state index contributed by atoms with van der Waals surface area (Å²) in [5.74, 6) is 1.95. The molecule has 0 aromatic rings. The quantitative estimate of drug-likeness (QED) is 0.454. The zero-order valence-electron chi connectivity index (χ0n) is 18.5. The van der Waals surface area contributed by atoms with Crippen LogP contribution in [0.15, 0.2) is 0 Å². The monoisotopic (exact) mass is 388 g/mol. The van der Waals surface area contributed by atoms with Crippen LogP contribution in [0.2, 0.25) is 0 Å². The molecule has 1 aliphatic carbocycles. The Labute approximate surface area is 163 Å². The minimum atomic E-state index is -4.08. The van der Waals surface area contributed by atoms with E-state index in [1.807, 2.05) is 0 Å². The summed E-state index contributed by atoms with van der Waals surface area (Å²) in [5.41, 5.74) is 0.215. The second-order valence-electron chi connectivity index (χ2n) is 10.9. The first-order valence-corrected chi connectivity index (χ1v) is 12.1. The average Bonchev–Trinajstić information content (AvgIpc) is 2.37. The first-order valence-electron chi connectivity index (χ1n) is 10.7. The van der Waals surface area contributed by atoms with Crippen molar-refractivity contribution in [3.05, 3.63) is 0 Å². The highest BCUT2D eigenvalue weighted by Gasteiger charge is 2.55. The molecule has 26 heavy (non-hydrogen) atoms. The first kappa shape index (κ1) is 23.9. The van der Waals surface area contributed by atoms with Crippen LogP contribution in [0.1, 0.15) is 100 Å². The minimum absolute atomic E-state index is 0.0474. The summed E-state index contributed by atoms with van der Waals surface area (Å²) in [7, 11) is -4.08. The van der Waals surface area contributed by atoms with E-state index in [4.69, 9.17) is 0 Å². The van der Waals surface area contributed by atoms with Gasteiger partial charge >= 0.3 is 0 Å². The van der Waals surface area contributed by atoms with Gasteiger partial charge in [0.25, 0.3) is 10.1 Å². The summed E-state index contributed by atoms with van der Waals surface area (Å²) >= 11 is 0. The molecule has 0 spiro atoms. The summed E-state index contributed by atoms with van der Waals surface area (Å²) in [5, 5.41) is 0. The first-order chi connectivity index (χ1) is 11.7. The topological polar surface area (TPSA) is 54.4 Å². The normalized spacial score (nSPS) is 27.0. The van der Waals surface area contributed by atoms with E-state index in [9.17, 15) is 13.0 Å². The third-order valence-corrected chi connectivity index (χ3v) is 7.94. The van der Waals surface area contributed by atoms with E-state index in [2.05, 4.69) is 55.4 Å². The Morgan fingerprint density at radius 2 is 1.27 bits per heavy atom. The van der Waals surface area contributed by atoms with Crippen LogP contribution in [0.4, 0.5) is 0 Å². The lowest BCUT2D eigenvalue weighted by Crippen LogP contribution is -2.53. The van der Waals surface area contributed by atoms with Crippen LogP contribution < -0.4 is 0 Å². The van der Waals surface area contributed by atoms with E-state index in [0.29, 0.717) is 30.6 Å². The van der Waals surface area contributed by atoms with Gasteiger partial charge in [-0.1, -0.05) is 55.4 Å². The van der Waals surface area contributed by atoms with Crippen LogP contribution in [0.5, 0.6) is 0 Å². The van der Waals surface area contributed by atoms with Gasteiger partial charge in [0.05, 0.1) is 0 Å². The van der Waals surface area contributed by atoms with E-state index >= 15 is 0 Å². The van der Waals surface area contributed by atoms with Crippen molar-refractivity contribution in [1.29, 1.82) is 0 Å². The molecule has 4 heteroatoms. The molecule has 2 unspecified atom stereocenters. The van der Waals surface area contributed by atoms with Crippen molar-refractivity contribution in [3.63, 3.8) is 0 Å². The van der Waals surface area contributed by atoms with Crippen LogP contribution in [0.25, 0.3) is 0 Å². The van der Waals surface area contributed by atoms with Gasteiger partial charge in [0.2, 0.25) is 0 Å². The van der Waals surface area contributed by atoms with Crippen molar-refractivity contribution in [2.24, 2.45) is 35.0 Å². The maximum atomic E-state index is 12.6. The van der Waals surface area contributed by atoms with Crippen molar-refractivity contribution in [2.75, 3.05) is 0 Å². The number of hydrogen-bond donors (Lipinski definition) is 1. The van der Waals surface area contributed by atoms with E-state index in [0.717, 1.165) is 32.1 Å². The Balaban J connectivity index is 3.36. The molecule has 0 aromatic carbocycles. The lowest BCUT2D eigenvalue weighted by Gasteiger charge is -2.52. The molecule has 1 fully saturated rings. The van der Waals surface area contributed by atoms with Crippen molar-refractivity contribution >= 4 is 10.1 Å². The van der Waals surface area contributed by atoms with Gasteiger partial charge in [-0.05, 0) is 80.0 Å². The van der Waals surface area contributed by atoms with E-state index in [1.54, 1.807) is 0 Å². The van der Waals surface area contributed by atoms with E-state index < -0.39 is 14.9 Å². The van der Waals surface area contributed by atoms with Crippen molar-refractivity contribution in [2.45, 2.75) is 105 Å². The van der Waals surface area contributed by atoms with Gasteiger partial charge in [-0.2, -0.15) is 8.42 Å². The van der Waals surface area contributed by atoms with Gasteiger partial charge in [-0.15, -0.1) is 0 Å². The molecule has 0 amide bonds. The van der Waals surface area contributed by atoms with Crippen molar-refractivity contribution in [1.82, 2.24) is 0 Å². The van der Waals surface area contributed by atoms with Crippen LogP contribution in [-0.4, -0.2) is 17.7 Å². The lowest BCUT2D eigenvalue weighted by atomic mass is 9.57. The highest BCUT2D eigenvalue weighted by molar-refractivity contribution is 7.87. The largest absolute Gasteiger partial charge is 0.285 e. The molecule has 0 heterocycles. The highest BCUT2D eigenvalue weighted by Crippen LogP contribution is 2.56. The minimum Gasteiger partial charge on any atom is -0.285 e. The number of hydrogen-bond acceptors (Lipinski definition) is 2. The zero-order chi connectivity index (χ0) is 20.3. The maximum absolute atomic E-state index is 12.6. The molecule has 156 valence electrons. The molecule has 0 saturated heterocycles. The summed E-state index contributed by atoms with van der Waals surface area (Å²) < 4.78 is 34.7. The third-order valence-electron chi connectivity index (χ3n) is 6.21. The van der Waals surface area contributed by atoms with Crippen molar-refractivity contribution < 1.29 is 13.0 Å². The van der Waals surface area contributed by atoms with Gasteiger partial charge in [-0.25, -0.2) is 0 Å². The molecular formula is C22H44O3S.